The number of hydrogen-bond acceptors (Lipinski definition) is 3. The van der Waals surface area contributed by atoms with Gasteiger partial charge in [-0.1, -0.05) is 19.9 Å². The fraction of sp³-hybridized carbons (Fsp3) is 0.208. The number of fused-ring (bicyclic) bond motifs is 2. The van der Waals surface area contributed by atoms with Crippen molar-refractivity contribution in [3.05, 3.63) is 71.8 Å². The minimum Gasteiger partial charge on any atom is -0.351 e. The Balaban J connectivity index is 1.67. The van der Waals surface area contributed by atoms with Crippen molar-refractivity contribution in [2.45, 2.75) is 26.2 Å². The lowest BCUT2D eigenvalue weighted by Gasteiger charge is -2.32. The number of amides is 1. The van der Waals surface area contributed by atoms with E-state index in [2.05, 4.69) is 53.2 Å². The highest BCUT2D eigenvalue weighted by molar-refractivity contribution is 6.00. The van der Waals surface area contributed by atoms with Crippen LogP contribution in [0.2, 0.25) is 0 Å². The van der Waals surface area contributed by atoms with Crippen molar-refractivity contribution in [1.29, 1.82) is 0 Å². The SMILES string of the molecule is Cc1ccncc1-c1cnc2[nH]cc(-c3ccc4c(c3)C(C)(C)CNC4=O)c2c1. The second-order valence-corrected chi connectivity index (χ2v) is 8.34. The van der Waals surface area contributed by atoms with Crippen LogP contribution in [0.25, 0.3) is 33.3 Å². The molecule has 0 bridgehead atoms. The molecular formula is C24H22N4O. The number of nitrogens with zero attached hydrogens (tertiary/aromatic N) is 2. The molecule has 0 saturated carbocycles. The molecule has 1 aliphatic rings. The number of pyridine rings is 2. The summed E-state index contributed by atoms with van der Waals surface area (Å²) in [5.41, 5.74) is 8.04. The molecule has 0 radical (unpaired) electrons. The van der Waals surface area contributed by atoms with Gasteiger partial charge >= 0.3 is 0 Å². The number of nitrogens with one attached hydrogen (secondary N) is 2. The number of H-pyrrole nitrogens is 1. The van der Waals surface area contributed by atoms with E-state index >= 15 is 0 Å². The molecule has 29 heavy (non-hydrogen) atoms. The maximum absolute atomic E-state index is 12.3. The topological polar surface area (TPSA) is 70.7 Å². The van der Waals surface area contributed by atoms with Crippen LogP contribution in [0.1, 0.15) is 35.3 Å². The molecule has 1 aromatic carbocycles. The van der Waals surface area contributed by atoms with E-state index in [1.54, 1.807) is 6.20 Å². The van der Waals surface area contributed by atoms with E-state index < -0.39 is 0 Å². The number of rotatable bonds is 2. The number of aryl methyl sites for hydroxylation is 1. The van der Waals surface area contributed by atoms with Crippen molar-refractivity contribution in [3.8, 4) is 22.3 Å². The Hall–Kier alpha value is -3.47. The number of carbonyl (C=O) groups is 1. The first-order valence-corrected chi connectivity index (χ1v) is 9.75. The van der Waals surface area contributed by atoms with Gasteiger partial charge in [0, 0.05) is 64.4 Å². The van der Waals surface area contributed by atoms with Gasteiger partial charge in [-0.25, -0.2) is 4.98 Å². The van der Waals surface area contributed by atoms with Crippen LogP contribution in [0, 0.1) is 6.92 Å². The molecule has 0 saturated heterocycles. The molecule has 5 heteroatoms. The van der Waals surface area contributed by atoms with E-state index in [0.29, 0.717) is 6.54 Å². The molecule has 5 nitrogen and oxygen atoms in total. The second-order valence-electron chi connectivity index (χ2n) is 8.34. The zero-order valence-electron chi connectivity index (χ0n) is 16.7. The highest BCUT2D eigenvalue weighted by Crippen LogP contribution is 2.36. The Bertz CT molecular complexity index is 1270. The molecule has 2 N–H and O–H groups in total. The summed E-state index contributed by atoms with van der Waals surface area (Å²) in [4.78, 5) is 24.5. The maximum Gasteiger partial charge on any atom is 0.251 e. The third-order valence-corrected chi connectivity index (χ3v) is 5.88. The Labute approximate surface area is 169 Å². The number of hydrogen-bond donors (Lipinski definition) is 2. The average molecular weight is 382 g/mol. The van der Waals surface area contributed by atoms with Crippen LogP contribution in [0.4, 0.5) is 0 Å². The highest BCUT2D eigenvalue weighted by atomic mass is 16.1. The van der Waals surface area contributed by atoms with Crippen LogP contribution in [-0.2, 0) is 5.41 Å². The summed E-state index contributed by atoms with van der Waals surface area (Å²) < 4.78 is 0. The van der Waals surface area contributed by atoms with E-state index in [0.717, 1.165) is 44.4 Å². The van der Waals surface area contributed by atoms with Gasteiger partial charge in [0.2, 0.25) is 0 Å². The number of carbonyl (C=O) groups excluding carboxylic acids is 1. The summed E-state index contributed by atoms with van der Waals surface area (Å²) >= 11 is 0. The minimum atomic E-state index is -0.110. The molecule has 5 rings (SSSR count). The zero-order valence-corrected chi connectivity index (χ0v) is 16.7. The lowest BCUT2D eigenvalue weighted by molar-refractivity contribution is 0.0930. The van der Waals surface area contributed by atoms with Gasteiger partial charge in [0.15, 0.2) is 0 Å². The number of aromatic amines is 1. The lowest BCUT2D eigenvalue weighted by atomic mass is 9.78. The molecular weight excluding hydrogens is 360 g/mol. The van der Waals surface area contributed by atoms with Gasteiger partial charge in [-0.2, -0.15) is 0 Å². The van der Waals surface area contributed by atoms with Crippen LogP contribution in [0.5, 0.6) is 0 Å². The zero-order chi connectivity index (χ0) is 20.2. The molecule has 0 spiro atoms. The van der Waals surface area contributed by atoms with Crippen molar-refractivity contribution in [3.63, 3.8) is 0 Å². The molecule has 0 fully saturated rings. The molecule has 1 amide bonds. The highest BCUT2D eigenvalue weighted by Gasteiger charge is 2.31. The van der Waals surface area contributed by atoms with E-state index in [-0.39, 0.29) is 11.3 Å². The van der Waals surface area contributed by atoms with Crippen molar-refractivity contribution in [2.75, 3.05) is 6.54 Å². The second kappa shape index (κ2) is 6.27. The standard InChI is InChI=1S/C24H22N4O/c1-14-6-7-25-11-19(14)16-8-18-20(12-27-22(18)26-10-16)15-4-5-17-21(9-15)24(2,3)13-28-23(17)29/h4-12H,13H2,1-3H3,(H,26,27)(H,28,29). The Morgan fingerprint density at radius 2 is 1.86 bits per heavy atom. The molecule has 0 atom stereocenters. The van der Waals surface area contributed by atoms with Gasteiger partial charge in [0.05, 0.1) is 0 Å². The summed E-state index contributed by atoms with van der Waals surface area (Å²) in [6, 6.07) is 10.3. The van der Waals surface area contributed by atoms with Crippen LogP contribution >= 0.6 is 0 Å². The Morgan fingerprint density at radius 1 is 1.00 bits per heavy atom. The van der Waals surface area contributed by atoms with Crippen LogP contribution in [0.3, 0.4) is 0 Å². The summed E-state index contributed by atoms with van der Waals surface area (Å²) in [5, 5.41) is 4.04. The first-order chi connectivity index (χ1) is 13.9. The summed E-state index contributed by atoms with van der Waals surface area (Å²) in [6.07, 6.45) is 7.56. The van der Waals surface area contributed by atoms with Crippen LogP contribution < -0.4 is 5.32 Å². The molecule has 144 valence electrons. The van der Waals surface area contributed by atoms with Crippen molar-refractivity contribution < 1.29 is 4.79 Å². The van der Waals surface area contributed by atoms with Crippen LogP contribution in [0.15, 0.2) is 55.1 Å². The molecule has 4 aromatic rings. The predicted octanol–water partition coefficient (Wildman–Crippen LogP) is 4.62. The van der Waals surface area contributed by atoms with Crippen molar-refractivity contribution >= 4 is 16.9 Å². The summed E-state index contributed by atoms with van der Waals surface area (Å²) in [6.45, 7) is 7.04. The number of aromatic nitrogens is 3. The third kappa shape index (κ3) is 2.81. The number of benzene rings is 1. The Morgan fingerprint density at radius 3 is 2.69 bits per heavy atom. The molecule has 4 heterocycles. The van der Waals surface area contributed by atoms with Gasteiger partial charge in [-0.05, 0) is 47.9 Å². The van der Waals surface area contributed by atoms with Gasteiger partial charge < -0.3 is 10.3 Å². The first-order valence-electron chi connectivity index (χ1n) is 9.75. The van der Waals surface area contributed by atoms with Crippen molar-refractivity contribution in [2.24, 2.45) is 0 Å². The summed E-state index contributed by atoms with van der Waals surface area (Å²) in [5.74, 6) is 0.000748. The smallest absolute Gasteiger partial charge is 0.251 e. The van der Waals surface area contributed by atoms with E-state index in [9.17, 15) is 4.79 Å². The third-order valence-electron chi connectivity index (χ3n) is 5.88. The predicted molar refractivity (Wildman–Crippen MR) is 115 cm³/mol. The summed E-state index contributed by atoms with van der Waals surface area (Å²) in [7, 11) is 0. The quantitative estimate of drug-likeness (QED) is 0.531. The first kappa shape index (κ1) is 17.6. The monoisotopic (exact) mass is 382 g/mol. The maximum atomic E-state index is 12.3. The molecule has 3 aromatic heterocycles. The molecule has 1 aliphatic heterocycles. The van der Waals surface area contributed by atoms with Crippen LogP contribution in [-0.4, -0.2) is 27.4 Å². The largest absolute Gasteiger partial charge is 0.351 e. The Kier molecular flexibility index (Phi) is 3.81. The van der Waals surface area contributed by atoms with Crippen molar-refractivity contribution in [1.82, 2.24) is 20.3 Å². The molecule has 0 aliphatic carbocycles. The van der Waals surface area contributed by atoms with E-state index in [4.69, 9.17) is 0 Å². The molecule has 0 unspecified atom stereocenters. The van der Waals surface area contributed by atoms with Gasteiger partial charge in [0.1, 0.15) is 5.65 Å². The van der Waals surface area contributed by atoms with Gasteiger partial charge in [-0.3, -0.25) is 9.78 Å². The average Bonchev–Trinajstić information content (AvgIpc) is 3.14. The normalized spacial score (nSPS) is 15.2. The van der Waals surface area contributed by atoms with Gasteiger partial charge in [-0.15, -0.1) is 0 Å². The minimum absolute atomic E-state index is 0.000748. The fourth-order valence-corrected chi connectivity index (χ4v) is 4.12. The van der Waals surface area contributed by atoms with Gasteiger partial charge in [0.25, 0.3) is 5.91 Å². The van der Waals surface area contributed by atoms with E-state index in [1.165, 1.54) is 5.56 Å². The fourth-order valence-electron chi connectivity index (χ4n) is 4.12. The van der Waals surface area contributed by atoms with E-state index in [1.807, 2.05) is 36.8 Å². The lowest BCUT2D eigenvalue weighted by Crippen LogP contribution is -2.43.